The second-order valence-electron chi connectivity index (χ2n) is 3.70. The molecule has 0 aliphatic heterocycles. The van der Waals surface area contributed by atoms with Gasteiger partial charge in [-0.15, -0.1) is 11.8 Å². The number of rotatable bonds is 4. The Morgan fingerprint density at radius 1 is 1.53 bits per heavy atom. The van der Waals surface area contributed by atoms with Crippen molar-refractivity contribution in [2.75, 3.05) is 19.8 Å². The molecule has 0 radical (unpaired) electrons. The van der Waals surface area contributed by atoms with E-state index in [0.29, 0.717) is 11.4 Å². The Hall–Kier alpha value is -1.54. The molecule has 0 aromatic carbocycles. The summed E-state index contributed by atoms with van der Waals surface area (Å²) in [5, 5.41) is 9.01. The monoisotopic (exact) mass is 249 g/mol. The largest absolute Gasteiger partial charge is 0.343 e. The molecular formula is C12H15N3OS. The van der Waals surface area contributed by atoms with Crippen LogP contribution in [0.1, 0.15) is 29.5 Å². The minimum atomic E-state index is -0.187. The molecule has 0 saturated heterocycles. The van der Waals surface area contributed by atoms with Crippen LogP contribution in [0.5, 0.6) is 0 Å². The van der Waals surface area contributed by atoms with Gasteiger partial charge in [-0.1, -0.05) is 6.92 Å². The van der Waals surface area contributed by atoms with E-state index in [4.69, 9.17) is 5.26 Å². The summed E-state index contributed by atoms with van der Waals surface area (Å²) in [7, 11) is 3.33. The first kappa shape index (κ1) is 13.5. The van der Waals surface area contributed by atoms with Gasteiger partial charge in [-0.05, 0) is 24.3 Å². The van der Waals surface area contributed by atoms with Crippen molar-refractivity contribution >= 4 is 17.7 Å². The molecule has 0 aliphatic carbocycles. The first-order valence-electron chi connectivity index (χ1n) is 5.35. The molecule has 1 rings (SSSR count). The van der Waals surface area contributed by atoms with E-state index in [1.807, 2.05) is 6.07 Å². The van der Waals surface area contributed by atoms with Crippen LogP contribution in [0.15, 0.2) is 17.0 Å². The van der Waals surface area contributed by atoms with Gasteiger partial charge in [0.05, 0.1) is 0 Å². The molecule has 0 atom stereocenters. The van der Waals surface area contributed by atoms with Gasteiger partial charge in [0, 0.05) is 19.0 Å². The van der Waals surface area contributed by atoms with Crippen molar-refractivity contribution in [1.29, 1.82) is 5.26 Å². The average Bonchev–Trinajstić information content (AvgIpc) is 2.35. The third kappa shape index (κ3) is 3.46. The van der Waals surface area contributed by atoms with Crippen LogP contribution in [-0.4, -0.2) is 35.6 Å². The number of hydrogen-bond acceptors (Lipinski definition) is 4. The summed E-state index contributed by atoms with van der Waals surface area (Å²) in [4.78, 5) is 18.1. The summed E-state index contributed by atoms with van der Waals surface area (Å²) in [6.07, 6.45) is 1.04. The van der Waals surface area contributed by atoms with Crippen LogP contribution in [0.25, 0.3) is 0 Å². The van der Waals surface area contributed by atoms with E-state index in [-0.39, 0.29) is 5.91 Å². The third-order valence-corrected chi connectivity index (χ3v) is 3.30. The lowest BCUT2D eigenvalue weighted by molar-refractivity contribution is 0.0822. The van der Waals surface area contributed by atoms with Crippen molar-refractivity contribution in [2.45, 2.75) is 18.2 Å². The number of hydrogen-bond donors (Lipinski definition) is 0. The van der Waals surface area contributed by atoms with E-state index in [0.717, 1.165) is 17.1 Å². The van der Waals surface area contributed by atoms with Crippen LogP contribution < -0.4 is 0 Å². The molecule has 1 heterocycles. The summed E-state index contributed by atoms with van der Waals surface area (Å²) in [6.45, 7) is 2.08. The Morgan fingerprint density at radius 3 is 2.76 bits per heavy atom. The van der Waals surface area contributed by atoms with Gasteiger partial charge in [0.15, 0.2) is 5.69 Å². The molecule has 90 valence electrons. The smallest absolute Gasteiger partial charge is 0.271 e. The molecule has 0 saturated carbocycles. The van der Waals surface area contributed by atoms with E-state index >= 15 is 0 Å². The highest BCUT2D eigenvalue weighted by Gasteiger charge is 2.12. The van der Waals surface area contributed by atoms with E-state index in [9.17, 15) is 4.79 Å². The van der Waals surface area contributed by atoms with Crippen LogP contribution in [-0.2, 0) is 0 Å². The SMILES string of the molecule is CCCSc1ccc(C(=O)N(C)C)nc1C#N. The molecule has 5 heteroatoms. The van der Waals surface area contributed by atoms with Gasteiger partial charge in [0.1, 0.15) is 11.8 Å². The number of amides is 1. The number of aromatic nitrogens is 1. The minimum Gasteiger partial charge on any atom is -0.343 e. The Kier molecular flexibility index (Phi) is 4.98. The van der Waals surface area contributed by atoms with Gasteiger partial charge in [-0.2, -0.15) is 5.26 Å². The maximum atomic E-state index is 11.7. The predicted molar refractivity (Wildman–Crippen MR) is 68.0 cm³/mol. The van der Waals surface area contributed by atoms with E-state index in [1.54, 1.807) is 38.0 Å². The molecule has 0 bridgehead atoms. The lowest BCUT2D eigenvalue weighted by Crippen LogP contribution is -2.23. The first-order chi connectivity index (χ1) is 8.10. The van der Waals surface area contributed by atoms with Crippen molar-refractivity contribution in [3.63, 3.8) is 0 Å². The molecule has 0 fully saturated rings. The number of thioether (sulfide) groups is 1. The van der Waals surface area contributed by atoms with Crippen molar-refractivity contribution in [3.8, 4) is 6.07 Å². The fourth-order valence-electron chi connectivity index (χ4n) is 1.20. The number of nitrogens with zero attached hydrogens (tertiary/aromatic N) is 3. The Bertz CT molecular complexity index is 452. The maximum absolute atomic E-state index is 11.7. The number of pyridine rings is 1. The summed E-state index contributed by atoms with van der Waals surface area (Å²) < 4.78 is 0. The minimum absolute atomic E-state index is 0.187. The highest BCUT2D eigenvalue weighted by atomic mass is 32.2. The summed E-state index contributed by atoms with van der Waals surface area (Å²) >= 11 is 1.59. The van der Waals surface area contributed by atoms with Gasteiger partial charge in [0.25, 0.3) is 5.91 Å². The lowest BCUT2D eigenvalue weighted by Gasteiger charge is -2.10. The molecule has 0 unspecified atom stereocenters. The molecule has 17 heavy (non-hydrogen) atoms. The van der Waals surface area contributed by atoms with Gasteiger partial charge in [-0.25, -0.2) is 4.98 Å². The molecule has 4 nitrogen and oxygen atoms in total. The van der Waals surface area contributed by atoms with E-state index in [1.165, 1.54) is 4.90 Å². The molecule has 0 spiro atoms. The number of carbonyl (C=O) groups is 1. The fraction of sp³-hybridized carbons (Fsp3) is 0.417. The van der Waals surface area contributed by atoms with Crippen LogP contribution in [0.3, 0.4) is 0 Å². The molecule has 1 amide bonds. The quantitative estimate of drug-likeness (QED) is 0.767. The number of carbonyl (C=O) groups excluding carboxylic acids is 1. The predicted octanol–water partition coefficient (Wildman–Crippen LogP) is 2.16. The normalized spacial score (nSPS) is 9.76. The lowest BCUT2D eigenvalue weighted by atomic mass is 10.3. The topological polar surface area (TPSA) is 57.0 Å². The zero-order chi connectivity index (χ0) is 12.8. The second kappa shape index (κ2) is 6.26. The Labute approximate surface area is 106 Å². The van der Waals surface area contributed by atoms with Gasteiger partial charge in [-0.3, -0.25) is 4.79 Å². The molecular weight excluding hydrogens is 234 g/mol. The zero-order valence-electron chi connectivity index (χ0n) is 10.2. The summed E-state index contributed by atoms with van der Waals surface area (Å²) in [6, 6.07) is 5.50. The zero-order valence-corrected chi connectivity index (χ0v) is 11.0. The number of nitriles is 1. The molecule has 0 N–H and O–H groups in total. The van der Waals surface area contributed by atoms with Crippen molar-refractivity contribution in [2.24, 2.45) is 0 Å². The van der Waals surface area contributed by atoms with Crippen LogP contribution >= 0.6 is 11.8 Å². The van der Waals surface area contributed by atoms with E-state index < -0.39 is 0 Å². The second-order valence-corrected chi connectivity index (χ2v) is 4.84. The highest BCUT2D eigenvalue weighted by molar-refractivity contribution is 7.99. The summed E-state index contributed by atoms with van der Waals surface area (Å²) in [5.41, 5.74) is 0.642. The van der Waals surface area contributed by atoms with Crippen LogP contribution in [0.4, 0.5) is 0 Å². The van der Waals surface area contributed by atoms with Crippen molar-refractivity contribution in [1.82, 2.24) is 9.88 Å². The summed E-state index contributed by atoms with van der Waals surface area (Å²) in [5.74, 6) is 0.755. The Morgan fingerprint density at radius 2 is 2.24 bits per heavy atom. The van der Waals surface area contributed by atoms with Crippen molar-refractivity contribution in [3.05, 3.63) is 23.5 Å². The molecule has 1 aromatic rings. The van der Waals surface area contributed by atoms with Crippen LogP contribution in [0.2, 0.25) is 0 Å². The fourth-order valence-corrected chi connectivity index (χ4v) is 2.02. The molecule has 0 aliphatic rings. The van der Waals surface area contributed by atoms with Gasteiger partial charge < -0.3 is 4.90 Å². The average molecular weight is 249 g/mol. The standard InChI is InChI=1S/C12H15N3OS/c1-4-7-17-11-6-5-9(12(16)15(2)3)14-10(11)8-13/h5-6H,4,7H2,1-3H3. The van der Waals surface area contributed by atoms with Gasteiger partial charge >= 0.3 is 0 Å². The van der Waals surface area contributed by atoms with Gasteiger partial charge in [0.2, 0.25) is 0 Å². The first-order valence-corrected chi connectivity index (χ1v) is 6.34. The van der Waals surface area contributed by atoms with E-state index in [2.05, 4.69) is 11.9 Å². The molecule has 1 aromatic heterocycles. The maximum Gasteiger partial charge on any atom is 0.271 e. The van der Waals surface area contributed by atoms with Crippen LogP contribution in [0, 0.1) is 11.3 Å². The highest BCUT2D eigenvalue weighted by Crippen LogP contribution is 2.22. The van der Waals surface area contributed by atoms with Crippen molar-refractivity contribution < 1.29 is 4.79 Å². The Balaban J connectivity index is 3.01. The third-order valence-electron chi connectivity index (χ3n) is 2.05.